The van der Waals surface area contributed by atoms with Gasteiger partial charge in [0.1, 0.15) is 0 Å². The molecule has 6 heteroatoms. The van der Waals surface area contributed by atoms with Gasteiger partial charge in [0, 0.05) is 17.1 Å². The summed E-state index contributed by atoms with van der Waals surface area (Å²) in [6.07, 6.45) is 0. The Labute approximate surface area is 112 Å². The topological polar surface area (TPSA) is 66.9 Å². The lowest BCUT2D eigenvalue weighted by Crippen LogP contribution is -2.40. The first kappa shape index (κ1) is 13.0. The number of hydrogen-bond donors (Lipinski definition) is 2. The molecule has 0 bridgehead atoms. The summed E-state index contributed by atoms with van der Waals surface area (Å²) in [4.78, 5) is 26.9. The van der Waals surface area contributed by atoms with E-state index in [0.29, 0.717) is 21.9 Å². The first-order valence-electron chi connectivity index (χ1n) is 5.63. The summed E-state index contributed by atoms with van der Waals surface area (Å²) in [6, 6.07) is 5.33. The van der Waals surface area contributed by atoms with Crippen molar-refractivity contribution in [2.45, 2.75) is 19.5 Å². The highest BCUT2D eigenvalue weighted by Gasteiger charge is 2.11. The van der Waals surface area contributed by atoms with Crippen molar-refractivity contribution in [1.29, 1.82) is 0 Å². The van der Waals surface area contributed by atoms with Gasteiger partial charge in [-0.2, -0.15) is 0 Å². The van der Waals surface area contributed by atoms with E-state index in [2.05, 4.69) is 26.2 Å². The Morgan fingerprint density at radius 1 is 1.44 bits per heavy atom. The van der Waals surface area contributed by atoms with Crippen molar-refractivity contribution in [3.63, 3.8) is 0 Å². The van der Waals surface area contributed by atoms with E-state index >= 15 is 0 Å². The van der Waals surface area contributed by atoms with Crippen LogP contribution in [0.5, 0.6) is 0 Å². The molecule has 1 aromatic heterocycles. The molecule has 0 saturated heterocycles. The van der Waals surface area contributed by atoms with Crippen LogP contribution in [0.4, 0.5) is 0 Å². The molecule has 0 aliphatic carbocycles. The minimum Gasteiger partial charge on any atom is -0.315 e. The lowest BCUT2D eigenvalue weighted by atomic mass is 10.2. The van der Waals surface area contributed by atoms with Crippen molar-refractivity contribution >= 4 is 26.8 Å². The zero-order valence-corrected chi connectivity index (χ0v) is 11.7. The predicted octanol–water partition coefficient (Wildman–Crippen LogP) is 1.06. The number of rotatable bonds is 3. The van der Waals surface area contributed by atoms with Gasteiger partial charge in [0.2, 0.25) is 0 Å². The van der Waals surface area contributed by atoms with Gasteiger partial charge in [0.25, 0.3) is 5.56 Å². The van der Waals surface area contributed by atoms with Gasteiger partial charge >= 0.3 is 5.69 Å². The Morgan fingerprint density at radius 3 is 2.83 bits per heavy atom. The van der Waals surface area contributed by atoms with E-state index in [1.165, 1.54) is 4.57 Å². The fraction of sp³-hybridized carbons (Fsp3) is 0.333. The first-order valence-corrected chi connectivity index (χ1v) is 6.42. The van der Waals surface area contributed by atoms with Gasteiger partial charge in [-0.1, -0.05) is 6.07 Å². The summed E-state index contributed by atoms with van der Waals surface area (Å²) < 4.78 is 1.90. The molecule has 2 N–H and O–H groups in total. The number of nitrogens with one attached hydrogen (secondary N) is 2. The molecule has 0 saturated carbocycles. The maximum Gasteiger partial charge on any atom is 0.328 e. The van der Waals surface area contributed by atoms with Crippen LogP contribution in [0.15, 0.2) is 32.3 Å². The highest BCUT2D eigenvalue weighted by atomic mass is 79.9. The van der Waals surface area contributed by atoms with Crippen LogP contribution in [0.1, 0.15) is 6.92 Å². The van der Waals surface area contributed by atoms with Gasteiger partial charge in [0.05, 0.1) is 10.9 Å². The number of aromatic amines is 1. The second-order valence-electron chi connectivity index (χ2n) is 4.20. The second-order valence-corrected chi connectivity index (χ2v) is 5.05. The monoisotopic (exact) mass is 311 g/mol. The number of hydrogen-bond acceptors (Lipinski definition) is 3. The Balaban J connectivity index is 2.72. The average molecular weight is 312 g/mol. The number of halogens is 1. The molecule has 1 aromatic carbocycles. The van der Waals surface area contributed by atoms with Crippen molar-refractivity contribution in [2.75, 3.05) is 7.05 Å². The van der Waals surface area contributed by atoms with Crippen molar-refractivity contribution in [3.05, 3.63) is 43.5 Å². The third-order valence-corrected chi connectivity index (χ3v) is 3.57. The van der Waals surface area contributed by atoms with Crippen LogP contribution in [0, 0.1) is 0 Å². The fourth-order valence-corrected chi connectivity index (χ4v) is 2.32. The smallest absolute Gasteiger partial charge is 0.315 e. The lowest BCUT2D eigenvalue weighted by molar-refractivity contribution is 0.492. The third kappa shape index (κ3) is 2.26. The zero-order chi connectivity index (χ0) is 13.3. The summed E-state index contributed by atoms with van der Waals surface area (Å²) in [5.41, 5.74) is -0.108. The number of aromatic nitrogens is 2. The molecule has 1 unspecified atom stereocenters. The maximum absolute atomic E-state index is 12.3. The molecule has 0 spiro atoms. The van der Waals surface area contributed by atoms with Crippen LogP contribution in [0.25, 0.3) is 10.9 Å². The maximum atomic E-state index is 12.3. The van der Waals surface area contributed by atoms with Gasteiger partial charge in [-0.25, -0.2) is 4.79 Å². The van der Waals surface area contributed by atoms with E-state index in [4.69, 9.17) is 0 Å². The van der Waals surface area contributed by atoms with Crippen molar-refractivity contribution in [3.8, 4) is 0 Å². The predicted molar refractivity (Wildman–Crippen MR) is 75.1 cm³/mol. The molecular formula is C12H14BrN3O2. The molecule has 18 heavy (non-hydrogen) atoms. The number of likely N-dealkylation sites (N-methyl/N-ethyl adjacent to an activating group) is 1. The third-order valence-electron chi connectivity index (χ3n) is 2.91. The molecule has 0 aliphatic rings. The molecular weight excluding hydrogens is 298 g/mol. The number of benzene rings is 1. The van der Waals surface area contributed by atoms with E-state index < -0.39 is 0 Å². The van der Waals surface area contributed by atoms with E-state index in [1.54, 1.807) is 25.2 Å². The number of fused-ring (bicyclic) bond motifs is 1. The van der Waals surface area contributed by atoms with Crippen LogP contribution in [-0.4, -0.2) is 22.6 Å². The Bertz CT molecular complexity index is 690. The van der Waals surface area contributed by atoms with Gasteiger partial charge in [-0.3, -0.25) is 9.36 Å². The summed E-state index contributed by atoms with van der Waals surface area (Å²) >= 11 is 3.34. The van der Waals surface area contributed by atoms with E-state index in [0.717, 1.165) is 0 Å². The molecule has 1 atom stereocenters. The molecule has 5 nitrogen and oxygen atoms in total. The molecule has 0 amide bonds. The van der Waals surface area contributed by atoms with Crippen LogP contribution < -0.4 is 16.6 Å². The quantitative estimate of drug-likeness (QED) is 0.890. The van der Waals surface area contributed by atoms with Crippen LogP contribution in [0.3, 0.4) is 0 Å². The Morgan fingerprint density at radius 2 is 2.17 bits per heavy atom. The molecule has 96 valence electrons. The van der Waals surface area contributed by atoms with Crippen molar-refractivity contribution in [2.24, 2.45) is 0 Å². The average Bonchev–Trinajstić information content (AvgIpc) is 2.33. The second kappa shape index (κ2) is 5.07. The van der Waals surface area contributed by atoms with Gasteiger partial charge < -0.3 is 10.3 Å². The fourth-order valence-electron chi connectivity index (χ4n) is 1.79. The molecule has 2 aromatic rings. The van der Waals surface area contributed by atoms with Gasteiger partial charge in [0.15, 0.2) is 0 Å². The van der Waals surface area contributed by atoms with E-state index in [9.17, 15) is 9.59 Å². The number of nitrogens with zero attached hydrogens (tertiary/aromatic N) is 1. The Kier molecular flexibility index (Phi) is 3.68. The SMILES string of the molecule is CNC(C)Cn1c(=O)[nH]c2cccc(Br)c2c1=O. The molecule has 1 heterocycles. The summed E-state index contributed by atoms with van der Waals surface area (Å²) in [7, 11) is 1.79. The van der Waals surface area contributed by atoms with Crippen molar-refractivity contribution < 1.29 is 0 Å². The van der Waals surface area contributed by atoms with E-state index in [-0.39, 0.29) is 17.3 Å². The summed E-state index contributed by atoms with van der Waals surface area (Å²) in [6.45, 7) is 2.25. The Hall–Kier alpha value is -1.40. The highest BCUT2D eigenvalue weighted by Crippen LogP contribution is 2.17. The lowest BCUT2D eigenvalue weighted by Gasteiger charge is -2.12. The van der Waals surface area contributed by atoms with Crippen LogP contribution >= 0.6 is 15.9 Å². The minimum absolute atomic E-state index is 0.0451. The largest absolute Gasteiger partial charge is 0.328 e. The van der Waals surface area contributed by atoms with Crippen LogP contribution in [-0.2, 0) is 6.54 Å². The number of H-pyrrole nitrogens is 1. The molecule has 0 radical (unpaired) electrons. The van der Waals surface area contributed by atoms with Crippen LogP contribution in [0.2, 0.25) is 0 Å². The molecule has 0 aliphatic heterocycles. The zero-order valence-electron chi connectivity index (χ0n) is 10.2. The summed E-state index contributed by atoms with van der Waals surface area (Å²) in [5.74, 6) is 0. The van der Waals surface area contributed by atoms with Gasteiger partial charge in [-0.15, -0.1) is 0 Å². The van der Waals surface area contributed by atoms with E-state index in [1.807, 2.05) is 6.92 Å². The van der Waals surface area contributed by atoms with Gasteiger partial charge in [-0.05, 0) is 42.0 Å². The standard InChI is InChI=1S/C12H14BrN3O2/c1-7(14-2)6-16-11(17)10-8(13)4-3-5-9(10)15-12(16)18/h3-5,7,14H,6H2,1-2H3,(H,15,18). The highest BCUT2D eigenvalue weighted by molar-refractivity contribution is 9.10. The summed E-state index contributed by atoms with van der Waals surface area (Å²) in [5, 5.41) is 3.51. The van der Waals surface area contributed by atoms with Crippen molar-refractivity contribution in [1.82, 2.24) is 14.9 Å². The minimum atomic E-state index is -0.382. The first-order chi connectivity index (χ1) is 8.54. The molecule has 0 fully saturated rings. The molecule has 2 rings (SSSR count). The normalized spacial score (nSPS) is 12.8.